The molecule has 3 aromatic rings. The highest BCUT2D eigenvalue weighted by atomic mass is 14.6. The van der Waals surface area contributed by atoms with Gasteiger partial charge in [0.15, 0.2) is 0 Å². The van der Waals surface area contributed by atoms with Crippen molar-refractivity contribution in [2.45, 2.75) is 38.0 Å². The lowest BCUT2D eigenvalue weighted by atomic mass is 9.72. The first-order chi connectivity index (χ1) is 11.7. The smallest absolute Gasteiger partial charge is 0.0330 e. The second kappa shape index (κ2) is 4.00. The van der Waals surface area contributed by atoms with E-state index in [0.717, 1.165) is 0 Å². The second-order valence-electron chi connectivity index (χ2n) is 7.94. The van der Waals surface area contributed by atoms with Gasteiger partial charge in [-0.15, -0.1) is 0 Å². The summed E-state index contributed by atoms with van der Waals surface area (Å²) in [4.78, 5) is 0. The van der Waals surface area contributed by atoms with Crippen LogP contribution in [0.4, 0.5) is 0 Å². The SMILES string of the molecule is Cc1ccc2c(c1)C13Cc4ccccc4C1Cc1c(C)ccc-2c13. The number of hydrogen-bond donors (Lipinski definition) is 0. The molecule has 3 aromatic carbocycles. The van der Waals surface area contributed by atoms with E-state index in [4.69, 9.17) is 0 Å². The van der Waals surface area contributed by atoms with Gasteiger partial charge in [-0.3, -0.25) is 0 Å². The third-order valence-corrected chi connectivity index (χ3v) is 6.84. The summed E-state index contributed by atoms with van der Waals surface area (Å²) in [6.45, 7) is 4.53. The van der Waals surface area contributed by atoms with Crippen LogP contribution in [0.2, 0.25) is 0 Å². The van der Waals surface area contributed by atoms with E-state index < -0.39 is 0 Å². The number of rotatable bonds is 0. The monoisotopic (exact) mass is 308 g/mol. The maximum atomic E-state index is 2.47. The summed E-state index contributed by atoms with van der Waals surface area (Å²) >= 11 is 0. The molecule has 3 aliphatic carbocycles. The van der Waals surface area contributed by atoms with E-state index >= 15 is 0 Å². The van der Waals surface area contributed by atoms with Crippen LogP contribution in [-0.4, -0.2) is 0 Å². The fourth-order valence-electron chi connectivity index (χ4n) is 5.90. The minimum atomic E-state index is 0.196. The summed E-state index contributed by atoms with van der Waals surface area (Å²) in [5.74, 6) is 0.617. The average molecular weight is 308 g/mol. The Morgan fingerprint density at radius 2 is 1.75 bits per heavy atom. The minimum absolute atomic E-state index is 0.196. The fourth-order valence-corrected chi connectivity index (χ4v) is 5.90. The Labute approximate surface area is 143 Å². The zero-order chi connectivity index (χ0) is 16.1. The molecule has 0 nitrogen and oxygen atoms in total. The molecule has 116 valence electrons. The molecule has 0 aliphatic heterocycles. The zero-order valence-corrected chi connectivity index (χ0v) is 14.2. The van der Waals surface area contributed by atoms with Crippen LogP contribution in [0.15, 0.2) is 54.6 Å². The van der Waals surface area contributed by atoms with Crippen molar-refractivity contribution in [1.82, 2.24) is 0 Å². The molecular formula is C24H20. The van der Waals surface area contributed by atoms with E-state index in [1.807, 2.05) is 0 Å². The van der Waals surface area contributed by atoms with Crippen molar-refractivity contribution in [3.05, 3.63) is 93.5 Å². The lowest BCUT2D eigenvalue weighted by Gasteiger charge is -2.29. The van der Waals surface area contributed by atoms with Gasteiger partial charge >= 0.3 is 0 Å². The standard InChI is InChI=1S/C24H20/c1-14-7-9-18-19-10-8-15(2)20-12-22-17-6-4-3-5-16(17)13-24(22,23(19)20)21(18)11-14/h3-11,22H,12-13H2,1-2H3. The Morgan fingerprint density at radius 1 is 0.917 bits per heavy atom. The fraction of sp³-hybridized carbons (Fsp3) is 0.250. The molecule has 0 N–H and O–H groups in total. The molecule has 0 saturated carbocycles. The van der Waals surface area contributed by atoms with Gasteiger partial charge < -0.3 is 0 Å². The first kappa shape index (κ1) is 13.0. The van der Waals surface area contributed by atoms with E-state index in [9.17, 15) is 0 Å². The largest absolute Gasteiger partial charge is 0.0620 e. The Morgan fingerprint density at radius 3 is 2.67 bits per heavy atom. The average Bonchev–Trinajstić information content (AvgIpc) is 3.17. The molecule has 0 heterocycles. The number of benzene rings is 3. The molecule has 0 fully saturated rings. The third kappa shape index (κ3) is 1.26. The summed E-state index contributed by atoms with van der Waals surface area (Å²) < 4.78 is 0. The van der Waals surface area contributed by atoms with E-state index in [2.05, 4.69) is 68.4 Å². The van der Waals surface area contributed by atoms with Crippen LogP contribution in [0.25, 0.3) is 11.1 Å². The number of fused-ring (bicyclic) bond motifs is 4. The van der Waals surface area contributed by atoms with Crippen LogP contribution in [0.1, 0.15) is 44.9 Å². The first-order valence-corrected chi connectivity index (χ1v) is 9.02. The Balaban J connectivity index is 1.77. The third-order valence-electron chi connectivity index (χ3n) is 6.84. The van der Waals surface area contributed by atoms with E-state index in [1.165, 1.54) is 35.1 Å². The molecule has 0 heteroatoms. The molecule has 0 bridgehead atoms. The molecule has 0 aromatic heterocycles. The van der Waals surface area contributed by atoms with Gasteiger partial charge in [-0.05, 0) is 71.2 Å². The maximum Gasteiger partial charge on any atom is 0.0330 e. The van der Waals surface area contributed by atoms with Crippen molar-refractivity contribution in [1.29, 1.82) is 0 Å². The molecular weight excluding hydrogens is 288 g/mol. The highest BCUT2D eigenvalue weighted by Gasteiger charge is 2.58. The Kier molecular flexibility index (Phi) is 2.17. The van der Waals surface area contributed by atoms with Crippen LogP contribution < -0.4 is 0 Å². The normalized spacial score (nSPS) is 24.5. The molecule has 2 unspecified atom stereocenters. The quantitative estimate of drug-likeness (QED) is 0.517. The predicted octanol–water partition coefficient (Wildman–Crippen LogP) is 5.47. The van der Waals surface area contributed by atoms with Gasteiger partial charge in [0, 0.05) is 11.3 Å². The summed E-state index contributed by atoms with van der Waals surface area (Å²) in [5, 5.41) is 0. The summed E-state index contributed by atoms with van der Waals surface area (Å²) in [7, 11) is 0. The highest BCUT2D eigenvalue weighted by molar-refractivity contribution is 5.86. The number of aryl methyl sites for hydroxylation is 2. The lowest BCUT2D eigenvalue weighted by molar-refractivity contribution is 0.490. The van der Waals surface area contributed by atoms with Crippen molar-refractivity contribution in [3.8, 4) is 11.1 Å². The highest BCUT2D eigenvalue weighted by Crippen LogP contribution is 2.66. The molecule has 1 spiro atoms. The Bertz CT molecular complexity index is 1040. The molecule has 6 rings (SSSR count). The maximum absolute atomic E-state index is 2.47. The minimum Gasteiger partial charge on any atom is -0.0620 e. The van der Waals surface area contributed by atoms with E-state index in [-0.39, 0.29) is 5.41 Å². The molecule has 3 aliphatic rings. The van der Waals surface area contributed by atoms with Gasteiger partial charge in [-0.25, -0.2) is 0 Å². The first-order valence-electron chi connectivity index (χ1n) is 9.02. The van der Waals surface area contributed by atoms with Gasteiger partial charge in [0.25, 0.3) is 0 Å². The van der Waals surface area contributed by atoms with E-state index in [0.29, 0.717) is 5.92 Å². The molecule has 0 amide bonds. The van der Waals surface area contributed by atoms with Gasteiger partial charge in [0.05, 0.1) is 0 Å². The van der Waals surface area contributed by atoms with Crippen LogP contribution in [0.5, 0.6) is 0 Å². The summed E-state index contributed by atoms with van der Waals surface area (Å²) in [6, 6.07) is 21.0. The molecule has 0 saturated heterocycles. The Hall–Kier alpha value is -2.34. The molecule has 0 radical (unpaired) electrons. The second-order valence-corrected chi connectivity index (χ2v) is 7.94. The van der Waals surface area contributed by atoms with Crippen molar-refractivity contribution in [2.24, 2.45) is 0 Å². The lowest BCUT2D eigenvalue weighted by Crippen LogP contribution is -2.26. The topological polar surface area (TPSA) is 0 Å². The van der Waals surface area contributed by atoms with E-state index in [1.54, 1.807) is 27.8 Å². The van der Waals surface area contributed by atoms with Gasteiger partial charge in [-0.1, -0.05) is 60.2 Å². The van der Waals surface area contributed by atoms with Crippen molar-refractivity contribution < 1.29 is 0 Å². The summed E-state index contributed by atoms with van der Waals surface area (Å²) in [6.07, 6.45) is 2.38. The molecule has 2 atom stereocenters. The zero-order valence-electron chi connectivity index (χ0n) is 14.2. The van der Waals surface area contributed by atoms with Gasteiger partial charge in [-0.2, -0.15) is 0 Å². The van der Waals surface area contributed by atoms with Crippen molar-refractivity contribution >= 4 is 0 Å². The van der Waals surface area contributed by atoms with Crippen LogP contribution in [0.3, 0.4) is 0 Å². The van der Waals surface area contributed by atoms with Gasteiger partial charge in [0.1, 0.15) is 0 Å². The van der Waals surface area contributed by atoms with Crippen LogP contribution in [-0.2, 0) is 18.3 Å². The van der Waals surface area contributed by atoms with Gasteiger partial charge in [0.2, 0.25) is 0 Å². The number of hydrogen-bond acceptors (Lipinski definition) is 0. The molecule has 24 heavy (non-hydrogen) atoms. The predicted molar refractivity (Wildman–Crippen MR) is 98.7 cm³/mol. The van der Waals surface area contributed by atoms with Crippen molar-refractivity contribution in [2.75, 3.05) is 0 Å². The van der Waals surface area contributed by atoms with Crippen molar-refractivity contribution in [3.63, 3.8) is 0 Å². The van der Waals surface area contributed by atoms with Crippen LogP contribution >= 0.6 is 0 Å². The summed E-state index contributed by atoms with van der Waals surface area (Å²) in [5.41, 5.74) is 14.1. The van der Waals surface area contributed by atoms with Crippen LogP contribution in [0, 0.1) is 13.8 Å².